The van der Waals surface area contributed by atoms with Crippen molar-refractivity contribution in [2.75, 3.05) is 36.0 Å². The highest BCUT2D eigenvalue weighted by atomic mass is 32.1. The van der Waals surface area contributed by atoms with Crippen LogP contribution in [0.25, 0.3) is 17.0 Å². The first-order chi connectivity index (χ1) is 13.8. The van der Waals surface area contributed by atoms with E-state index in [2.05, 4.69) is 31.1 Å². The van der Waals surface area contributed by atoms with Gasteiger partial charge < -0.3 is 9.80 Å². The third-order valence-electron chi connectivity index (χ3n) is 4.84. The molecule has 5 heterocycles. The van der Waals surface area contributed by atoms with E-state index in [0.29, 0.717) is 5.56 Å². The first kappa shape index (κ1) is 16.6. The van der Waals surface area contributed by atoms with Crippen LogP contribution in [0, 0.1) is 11.3 Å². The van der Waals surface area contributed by atoms with E-state index in [4.69, 9.17) is 5.10 Å². The van der Waals surface area contributed by atoms with Gasteiger partial charge >= 0.3 is 0 Å². The third kappa shape index (κ3) is 2.84. The van der Waals surface area contributed by atoms with Gasteiger partial charge in [-0.25, -0.2) is 4.98 Å². The Bertz CT molecular complexity index is 1150. The molecule has 5 rings (SSSR count). The number of rotatable bonds is 3. The maximum absolute atomic E-state index is 9.31. The van der Waals surface area contributed by atoms with Gasteiger partial charge in [-0.1, -0.05) is 0 Å². The highest BCUT2D eigenvalue weighted by Crippen LogP contribution is 2.23. The van der Waals surface area contributed by atoms with Crippen molar-refractivity contribution in [3.63, 3.8) is 0 Å². The van der Waals surface area contributed by atoms with E-state index in [1.807, 2.05) is 35.0 Å². The molecule has 0 bridgehead atoms. The van der Waals surface area contributed by atoms with E-state index in [-0.39, 0.29) is 0 Å². The molecule has 1 saturated heterocycles. The molecule has 9 heteroatoms. The van der Waals surface area contributed by atoms with E-state index in [1.165, 1.54) is 0 Å². The number of nitriles is 1. The number of hydrogen-bond donors (Lipinski definition) is 0. The Balaban J connectivity index is 1.39. The molecular weight excluding hydrogens is 372 g/mol. The zero-order chi connectivity index (χ0) is 18.9. The van der Waals surface area contributed by atoms with Crippen molar-refractivity contribution in [1.82, 2.24) is 24.8 Å². The lowest BCUT2D eigenvalue weighted by molar-refractivity contribution is 0.636. The molecule has 0 radical (unpaired) electrons. The minimum absolute atomic E-state index is 0.611. The van der Waals surface area contributed by atoms with E-state index in [1.54, 1.807) is 28.1 Å². The van der Waals surface area contributed by atoms with Crippen LogP contribution in [0.3, 0.4) is 0 Å². The highest BCUT2D eigenvalue weighted by Gasteiger charge is 2.22. The summed E-state index contributed by atoms with van der Waals surface area (Å²) in [5.41, 5.74) is 2.36. The molecule has 0 saturated carbocycles. The summed E-state index contributed by atoms with van der Waals surface area (Å²) in [6.07, 6.45) is 1.73. The second-order valence-electron chi connectivity index (χ2n) is 6.46. The van der Waals surface area contributed by atoms with Crippen LogP contribution < -0.4 is 9.80 Å². The van der Waals surface area contributed by atoms with Crippen molar-refractivity contribution in [3.8, 4) is 17.5 Å². The normalized spacial score (nSPS) is 14.4. The molecule has 1 aliphatic rings. The predicted molar refractivity (Wildman–Crippen MR) is 107 cm³/mol. The number of aromatic nitrogens is 5. The van der Waals surface area contributed by atoms with Crippen LogP contribution in [0.2, 0.25) is 0 Å². The van der Waals surface area contributed by atoms with E-state index >= 15 is 0 Å². The zero-order valence-corrected chi connectivity index (χ0v) is 15.7. The van der Waals surface area contributed by atoms with E-state index in [0.717, 1.165) is 54.8 Å². The number of piperazine rings is 1. The van der Waals surface area contributed by atoms with Gasteiger partial charge in [0.1, 0.15) is 17.7 Å². The lowest BCUT2D eigenvalue weighted by Crippen LogP contribution is -2.47. The molecule has 0 aromatic carbocycles. The molecule has 0 amide bonds. The summed E-state index contributed by atoms with van der Waals surface area (Å²) in [7, 11) is 0. The van der Waals surface area contributed by atoms with Gasteiger partial charge in [-0.05, 0) is 35.7 Å². The van der Waals surface area contributed by atoms with Crippen LogP contribution in [0.5, 0.6) is 0 Å². The summed E-state index contributed by atoms with van der Waals surface area (Å²) in [5, 5.41) is 26.7. The maximum Gasteiger partial charge on any atom is 0.186 e. The van der Waals surface area contributed by atoms with Crippen LogP contribution in [-0.2, 0) is 0 Å². The lowest BCUT2D eigenvalue weighted by atomic mass is 10.2. The summed E-state index contributed by atoms with van der Waals surface area (Å²) in [6, 6.07) is 11.8. The Labute approximate surface area is 165 Å². The number of hydrogen-bond acceptors (Lipinski definition) is 8. The Morgan fingerprint density at radius 3 is 2.64 bits per heavy atom. The monoisotopic (exact) mass is 388 g/mol. The summed E-state index contributed by atoms with van der Waals surface area (Å²) in [4.78, 5) is 8.79. The molecule has 1 fully saturated rings. The first-order valence-corrected chi connectivity index (χ1v) is 9.88. The van der Waals surface area contributed by atoms with Crippen LogP contribution in [0.15, 0.2) is 47.3 Å². The standard InChI is InChI=1S/C19H16N8S/c20-12-14-2-1-6-21-18(14)26-9-7-25(8-10-26)17-4-3-16-22-23-19(27(16)24-17)15-5-11-28-13-15/h1-6,11,13H,7-10H2. The number of pyridine rings is 1. The quantitative estimate of drug-likeness (QED) is 0.533. The van der Waals surface area contributed by atoms with Gasteiger partial charge in [0.15, 0.2) is 11.5 Å². The maximum atomic E-state index is 9.31. The van der Waals surface area contributed by atoms with Gasteiger partial charge in [0, 0.05) is 43.3 Å². The van der Waals surface area contributed by atoms with Crippen LogP contribution >= 0.6 is 11.3 Å². The van der Waals surface area contributed by atoms with Crippen molar-refractivity contribution >= 4 is 28.6 Å². The van der Waals surface area contributed by atoms with Gasteiger partial charge in [-0.15, -0.1) is 15.3 Å². The van der Waals surface area contributed by atoms with Gasteiger partial charge in [-0.3, -0.25) is 0 Å². The molecule has 0 spiro atoms. The Morgan fingerprint density at radius 1 is 1.00 bits per heavy atom. The number of fused-ring (bicyclic) bond motifs is 1. The van der Waals surface area contributed by atoms with Gasteiger partial charge in [0.25, 0.3) is 0 Å². The fourth-order valence-corrected chi connectivity index (χ4v) is 4.04. The molecule has 138 valence electrons. The number of anilines is 2. The number of nitrogens with zero attached hydrogens (tertiary/aromatic N) is 8. The van der Waals surface area contributed by atoms with Gasteiger partial charge in [0.2, 0.25) is 0 Å². The zero-order valence-electron chi connectivity index (χ0n) is 14.9. The summed E-state index contributed by atoms with van der Waals surface area (Å²) >= 11 is 1.63. The lowest BCUT2D eigenvalue weighted by Gasteiger charge is -2.36. The molecule has 8 nitrogen and oxygen atoms in total. The van der Waals surface area contributed by atoms with E-state index < -0.39 is 0 Å². The fraction of sp³-hybridized carbons (Fsp3) is 0.211. The Morgan fingerprint density at radius 2 is 1.86 bits per heavy atom. The average molecular weight is 388 g/mol. The molecule has 0 N–H and O–H groups in total. The van der Waals surface area contributed by atoms with Crippen LogP contribution in [0.1, 0.15) is 5.56 Å². The van der Waals surface area contributed by atoms with E-state index in [9.17, 15) is 5.26 Å². The van der Waals surface area contributed by atoms with Crippen molar-refractivity contribution in [2.24, 2.45) is 0 Å². The minimum Gasteiger partial charge on any atom is -0.352 e. The third-order valence-corrected chi connectivity index (χ3v) is 5.52. The van der Waals surface area contributed by atoms with Crippen molar-refractivity contribution in [1.29, 1.82) is 5.26 Å². The average Bonchev–Trinajstić information content (AvgIpc) is 3.43. The molecule has 0 unspecified atom stereocenters. The Hall–Kier alpha value is -3.51. The summed E-state index contributed by atoms with van der Waals surface area (Å²) < 4.78 is 1.80. The molecule has 4 aromatic rings. The Kier molecular flexibility index (Phi) is 4.10. The first-order valence-electron chi connectivity index (χ1n) is 8.93. The molecular formula is C19H16N8S. The summed E-state index contributed by atoms with van der Waals surface area (Å²) in [6.45, 7) is 3.17. The topological polar surface area (TPSA) is 86.2 Å². The van der Waals surface area contributed by atoms with Gasteiger partial charge in [-0.2, -0.15) is 21.1 Å². The summed E-state index contributed by atoms with van der Waals surface area (Å²) in [5.74, 6) is 2.40. The molecule has 28 heavy (non-hydrogen) atoms. The smallest absolute Gasteiger partial charge is 0.186 e. The molecule has 0 atom stereocenters. The molecule has 1 aliphatic heterocycles. The fourth-order valence-electron chi connectivity index (χ4n) is 3.40. The van der Waals surface area contributed by atoms with Crippen LogP contribution in [-0.4, -0.2) is 51.0 Å². The van der Waals surface area contributed by atoms with Crippen molar-refractivity contribution in [3.05, 3.63) is 52.9 Å². The minimum atomic E-state index is 0.611. The van der Waals surface area contributed by atoms with Gasteiger partial charge in [0.05, 0.1) is 5.56 Å². The second kappa shape index (κ2) is 6.90. The SMILES string of the molecule is N#Cc1cccnc1N1CCN(c2ccc3nnc(-c4ccsc4)n3n2)CC1. The van der Waals surface area contributed by atoms with Crippen molar-refractivity contribution < 1.29 is 0 Å². The van der Waals surface area contributed by atoms with Crippen molar-refractivity contribution in [2.45, 2.75) is 0 Å². The highest BCUT2D eigenvalue weighted by molar-refractivity contribution is 7.08. The second-order valence-corrected chi connectivity index (χ2v) is 7.24. The number of thiophene rings is 1. The van der Waals surface area contributed by atoms with Crippen LogP contribution in [0.4, 0.5) is 11.6 Å². The molecule has 0 aliphatic carbocycles. The largest absolute Gasteiger partial charge is 0.352 e. The predicted octanol–water partition coefficient (Wildman–Crippen LogP) is 2.45. The molecule has 4 aromatic heterocycles.